The van der Waals surface area contributed by atoms with E-state index >= 15 is 0 Å². The molecule has 2 aromatic rings. The Kier molecular flexibility index (Phi) is 4.43. The molecule has 0 saturated heterocycles. The quantitative estimate of drug-likeness (QED) is 0.773. The van der Waals surface area contributed by atoms with Crippen LogP contribution in [0, 0.1) is 0 Å². The number of nitrogens with zero attached hydrogens (tertiary/aromatic N) is 4. The first kappa shape index (κ1) is 13.4. The number of imidazole rings is 1. The van der Waals surface area contributed by atoms with E-state index in [-0.39, 0.29) is 6.54 Å². The summed E-state index contributed by atoms with van der Waals surface area (Å²) in [5.74, 6) is -0.252. The molecule has 7 nitrogen and oxygen atoms in total. The summed E-state index contributed by atoms with van der Waals surface area (Å²) < 4.78 is 6.79. The van der Waals surface area contributed by atoms with Crippen molar-refractivity contribution in [3.8, 4) is 0 Å². The Bertz CT molecular complexity index is 522. The van der Waals surface area contributed by atoms with Gasteiger partial charge in [-0.15, -0.1) is 0 Å². The molecule has 2 rings (SSSR count). The number of hydrogen-bond acceptors (Lipinski definition) is 5. The number of hydrogen-bond donors (Lipinski definition) is 1. The minimum absolute atomic E-state index is 0.0370. The van der Waals surface area contributed by atoms with Crippen molar-refractivity contribution in [3.05, 3.63) is 30.4 Å². The number of rotatable bonds is 7. The fourth-order valence-corrected chi connectivity index (χ4v) is 1.81. The van der Waals surface area contributed by atoms with E-state index in [2.05, 4.69) is 9.97 Å². The normalized spacial score (nSPS) is 11.3. The van der Waals surface area contributed by atoms with Gasteiger partial charge in [-0.2, -0.15) is 0 Å². The summed E-state index contributed by atoms with van der Waals surface area (Å²) in [6, 6.07) is 1.82. The molecule has 2 heterocycles. The molecule has 0 radical (unpaired) electrons. The molecule has 0 aliphatic rings. The monoisotopic (exact) mass is 264 g/mol. The smallest absolute Gasteiger partial charge is 0.317 e. The number of carbonyl (C=O) groups is 1. The Morgan fingerprint density at radius 1 is 1.58 bits per heavy atom. The lowest BCUT2D eigenvalue weighted by Gasteiger charge is -2.18. The second kappa shape index (κ2) is 6.26. The lowest BCUT2D eigenvalue weighted by atomic mass is 10.4. The van der Waals surface area contributed by atoms with Gasteiger partial charge >= 0.3 is 5.97 Å². The zero-order chi connectivity index (χ0) is 13.7. The number of aliphatic carboxylic acids is 1. The first-order chi connectivity index (χ1) is 9.19. The van der Waals surface area contributed by atoms with Crippen LogP contribution in [-0.4, -0.2) is 57.2 Å². The van der Waals surface area contributed by atoms with Crippen molar-refractivity contribution >= 4 is 11.7 Å². The molecule has 102 valence electrons. The van der Waals surface area contributed by atoms with Crippen LogP contribution in [0.1, 0.15) is 5.69 Å². The van der Waals surface area contributed by atoms with Gasteiger partial charge in [-0.3, -0.25) is 14.1 Å². The molecule has 0 amide bonds. The maximum Gasteiger partial charge on any atom is 0.317 e. The highest BCUT2D eigenvalue weighted by Gasteiger charge is 2.12. The third-order valence-electron chi connectivity index (χ3n) is 2.64. The Labute approximate surface area is 110 Å². The zero-order valence-corrected chi connectivity index (χ0v) is 10.7. The highest BCUT2D eigenvalue weighted by Crippen LogP contribution is 2.05. The van der Waals surface area contributed by atoms with Gasteiger partial charge in [-0.25, -0.2) is 9.97 Å². The van der Waals surface area contributed by atoms with Crippen LogP contribution in [0.2, 0.25) is 0 Å². The molecule has 2 aromatic heterocycles. The number of fused-ring (bicyclic) bond motifs is 1. The van der Waals surface area contributed by atoms with Crippen molar-refractivity contribution in [2.24, 2.45) is 0 Å². The average molecular weight is 264 g/mol. The molecule has 1 N–H and O–H groups in total. The molecule has 0 unspecified atom stereocenters. The molecule has 0 aliphatic heterocycles. The van der Waals surface area contributed by atoms with E-state index in [0.717, 1.165) is 5.69 Å². The van der Waals surface area contributed by atoms with Crippen molar-refractivity contribution in [2.45, 2.75) is 6.54 Å². The van der Waals surface area contributed by atoms with Gasteiger partial charge in [0.2, 0.25) is 5.78 Å². The third-order valence-corrected chi connectivity index (χ3v) is 2.64. The first-order valence-corrected chi connectivity index (χ1v) is 5.90. The van der Waals surface area contributed by atoms with Gasteiger partial charge in [0, 0.05) is 38.8 Å². The molecular weight excluding hydrogens is 248 g/mol. The van der Waals surface area contributed by atoms with Gasteiger partial charge in [0.05, 0.1) is 18.8 Å². The molecule has 0 bridgehead atoms. The maximum atomic E-state index is 10.8. The lowest BCUT2D eigenvalue weighted by Crippen LogP contribution is -2.32. The van der Waals surface area contributed by atoms with Gasteiger partial charge in [0.25, 0.3) is 0 Å². The molecule has 0 fully saturated rings. The zero-order valence-electron chi connectivity index (χ0n) is 10.7. The molecule has 0 aliphatic carbocycles. The average Bonchev–Trinajstić information content (AvgIpc) is 2.77. The van der Waals surface area contributed by atoms with Crippen molar-refractivity contribution in [1.29, 1.82) is 0 Å². The minimum Gasteiger partial charge on any atom is -0.480 e. The summed E-state index contributed by atoms with van der Waals surface area (Å²) in [6.07, 6.45) is 5.38. The van der Waals surface area contributed by atoms with Crippen LogP contribution in [0.4, 0.5) is 0 Å². The SMILES string of the molecule is COCCN(CC(=O)O)Cc1cn2cccnc2n1. The first-order valence-electron chi connectivity index (χ1n) is 5.90. The molecule has 0 aromatic carbocycles. The van der Waals surface area contributed by atoms with E-state index in [1.807, 2.05) is 22.9 Å². The number of aromatic nitrogens is 3. The molecule has 0 saturated carbocycles. The highest BCUT2D eigenvalue weighted by atomic mass is 16.5. The summed E-state index contributed by atoms with van der Waals surface area (Å²) in [5, 5.41) is 8.88. The second-order valence-corrected chi connectivity index (χ2v) is 4.16. The van der Waals surface area contributed by atoms with E-state index < -0.39 is 5.97 Å². The van der Waals surface area contributed by atoms with E-state index in [4.69, 9.17) is 9.84 Å². The summed E-state index contributed by atoms with van der Waals surface area (Å²) in [6.45, 7) is 1.45. The second-order valence-electron chi connectivity index (χ2n) is 4.16. The van der Waals surface area contributed by atoms with Crippen LogP contribution in [0.15, 0.2) is 24.7 Å². The Hall–Kier alpha value is -1.99. The van der Waals surface area contributed by atoms with E-state index in [1.54, 1.807) is 18.2 Å². The van der Waals surface area contributed by atoms with Crippen molar-refractivity contribution in [2.75, 3.05) is 26.8 Å². The van der Waals surface area contributed by atoms with E-state index in [9.17, 15) is 4.79 Å². The van der Waals surface area contributed by atoms with Crippen molar-refractivity contribution in [3.63, 3.8) is 0 Å². The van der Waals surface area contributed by atoms with Crippen LogP contribution in [0.5, 0.6) is 0 Å². The summed E-state index contributed by atoms with van der Waals surface area (Å²) in [7, 11) is 1.59. The van der Waals surface area contributed by atoms with Gasteiger partial charge in [0.1, 0.15) is 0 Å². The highest BCUT2D eigenvalue weighted by molar-refractivity contribution is 5.69. The summed E-state index contributed by atoms with van der Waals surface area (Å²) in [4.78, 5) is 21.1. The van der Waals surface area contributed by atoms with Gasteiger partial charge in [0.15, 0.2) is 0 Å². The predicted molar refractivity (Wildman–Crippen MR) is 67.8 cm³/mol. The van der Waals surface area contributed by atoms with Crippen LogP contribution >= 0.6 is 0 Å². The van der Waals surface area contributed by atoms with Gasteiger partial charge < -0.3 is 9.84 Å². The predicted octanol–water partition coefficient (Wildman–Crippen LogP) is 0.262. The largest absolute Gasteiger partial charge is 0.480 e. The van der Waals surface area contributed by atoms with E-state index in [0.29, 0.717) is 25.5 Å². The summed E-state index contributed by atoms with van der Waals surface area (Å²) >= 11 is 0. The van der Waals surface area contributed by atoms with E-state index in [1.165, 1.54) is 0 Å². The summed E-state index contributed by atoms with van der Waals surface area (Å²) in [5.41, 5.74) is 0.788. The maximum absolute atomic E-state index is 10.8. The molecule has 7 heteroatoms. The van der Waals surface area contributed by atoms with Crippen LogP contribution in [0.3, 0.4) is 0 Å². The Morgan fingerprint density at radius 2 is 2.42 bits per heavy atom. The Balaban J connectivity index is 2.08. The molecule has 19 heavy (non-hydrogen) atoms. The third kappa shape index (κ3) is 3.73. The topological polar surface area (TPSA) is 80.0 Å². The fourth-order valence-electron chi connectivity index (χ4n) is 1.81. The van der Waals surface area contributed by atoms with Gasteiger partial charge in [-0.05, 0) is 6.07 Å². The molecular formula is C12H16N4O3. The van der Waals surface area contributed by atoms with Crippen LogP contribution in [0.25, 0.3) is 5.78 Å². The van der Waals surface area contributed by atoms with Crippen molar-refractivity contribution in [1.82, 2.24) is 19.3 Å². The number of ether oxygens (including phenoxy) is 1. The number of methoxy groups -OCH3 is 1. The molecule has 0 atom stereocenters. The van der Waals surface area contributed by atoms with Crippen molar-refractivity contribution < 1.29 is 14.6 Å². The lowest BCUT2D eigenvalue weighted by molar-refractivity contribution is -0.138. The van der Waals surface area contributed by atoms with Gasteiger partial charge in [-0.1, -0.05) is 0 Å². The number of carboxylic acid groups (broad SMARTS) is 1. The molecule has 0 spiro atoms. The van der Waals surface area contributed by atoms with Crippen LogP contribution in [-0.2, 0) is 16.1 Å². The number of carboxylic acids is 1. The Morgan fingerprint density at radius 3 is 3.11 bits per heavy atom. The standard InChI is InChI=1S/C12H16N4O3/c1-19-6-5-15(9-11(17)18)7-10-8-16-4-2-3-13-12(16)14-10/h2-4,8H,5-7,9H2,1H3,(H,17,18). The minimum atomic E-state index is -0.863. The fraction of sp³-hybridized carbons (Fsp3) is 0.417. The van der Waals surface area contributed by atoms with Crippen LogP contribution < -0.4 is 0 Å².